The average molecular weight is 485 g/mol. The number of ether oxygens (including phenoxy) is 1. The molecule has 0 fully saturated rings. The van der Waals surface area contributed by atoms with Crippen molar-refractivity contribution in [3.05, 3.63) is 95.6 Å². The number of aryl methyl sites for hydroxylation is 1. The van der Waals surface area contributed by atoms with E-state index in [9.17, 15) is 9.59 Å². The average Bonchev–Trinajstić information content (AvgIpc) is 3.51. The fourth-order valence-electron chi connectivity index (χ4n) is 4.58. The number of para-hydroxylation sites is 1. The van der Waals surface area contributed by atoms with Crippen LogP contribution < -0.4 is 10.1 Å². The van der Waals surface area contributed by atoms with Crippen LogP contribution in [-0.2, 0) is 24.4 Å². The van der Waals surface area contributed by atoms with Crippen LogP contribution in [0.4, 0.5) is 0 Å². The Hall–Kier alpha value is -4.33. The number of hydrogen-bond donors (Lipinski definition) is 1. The zero-order valence-electron chi connectivity index (χ0n) is 20.5. The maximum atomic E-state index is 13.8. The molecular weight excluding hydrogens is 456 g/mol. The topological polar surface area (TPSA) is 89.6 Å². The van der Waals surface area contributed by atoms with E-state index in [1.807, 2.05) is 73.7 Å². The van der Waals surface area contributed by atoms with Crippen molar-refractivity contribution in [2.75, 3.05) is 7.11 Å². The molecule has 0 bridgehead atoms. The predicted octanol–water partition coefficient (Wildman–Crippen LogP) is 4.19. The number of rotatable bonds is 7. The van der Waals surface area contributed by atoms with Crippen molar-refractivity contribution >= 4 is 11.8 Å². The minimum atomic E-state index is -1.20. The van der Waals surface area contributed by atoms with Crippen molar-refractivity contribution in [2.45, 2.75) is 39.0 Å². The molecule has 0 saturated carbocycles. The highest BCUT2D eigenvalue weighted by atomic mass is 16.5. The summed E-state index contributed by atoms with van der Waals surface area (Å²) in [7, 11) is 1.60. The van der Waals surface area contributed by atoms with E-state index in [0.717, 1.165) is 16.9 Å². The van der Waals surface area contributed by atoms with Crippen molar-refractivity contribution in [1.29, 1.82) is 0 Å². The molecular formula is C28H28N4O4. The highest BCUT2D eigenvalue weighted by molar-refractivity contribution is 6.00. The van der Waals surface area contributed by atoms with E-state index >= 15 is 0 Å². The fraction of sp³-hybridized carbons (Fsp3) is 0.250. The fourth-order valence-corrected chi connectivity index (χ4v) is 4.58. The summed E-state index contributed by atoms with van der Waals surface area (Å²) in [6, 6.07) is 22.7. The molecule has 0 unspecified atom stereocenters. The Morgan fingerprint density at radius 1 is 1.11 bits per heavy atom. The maximum Gasteiger partial charge on any atom is 0.273 e. The Kier molecular flexibility index (Phi) is 6.10. The van der Waals surface area contributed by atoms with Crippen molar-refractivity contribution in [3.8, 4) is 17.0 Å². The Bertz CT molecular complexity index is 1410. The number of benzene rings is 2. The van der Waals surface area contributed by atoms with Crippen molar-refractivity contribution in [1.82, 2.24) is 20.0 Å². The van der Waals surface area contributed by atoms with Crippen molar-refractivity contribution in [3.63, 3.8) is 0 Å². The summed E-state index contributed by atoms with van der Waals surface area (Å²) in [4.78, 5) is 29.1. The van der Waals surface area contributed by atoms with Gasteiger partial charge < -0.3 is 19.4 Å². The molecule has 2 aromatic heterocycles. The van der Waals surface area contributed by atoms with E-state index < -0.39 is 5.54 Å². The van der Waals surface area contributed by atoms with E-state index in [4.69, 9.17) is 9.15 Å². The minimum absolute atomic E-state index is 0.164. The second kappa shape index (κ2) is 9.37. The molecule has 0 spiro atoms. The van der Waals surface area contributed by atoms with Crippen molar-refractivity contribution in [2.24, 2.45) is 0 Å². The molecule has 8 heteroatoms. The molecule has 36 heavy (non-hydrogen) atoms. The van der Waals surface area contributed by atoms with E-state index in [1.165, 1.54) is 0 Å². The van der Waals surface area contributed by atoms with Crippen LogP contribution in [0.3, 0.4) is 0 Å². The molecule has 0 saturated heterocycles. The molecule has 1 atom stereocenters. The number of aromatic nitrogens is 2. The van der Waals surface area contributed by atoms with Gasteiger partial charge in [-0.25, -0.2) is 0 Å². The molecule has 3 heterocycles. The SMILES string of the molecule is COc1ccccc1CNC(=O)[C@]1(C)Cn2nc(-c3ccccc3)cc2C(=O)N1Cc1ccc(C)o1. The third-order valence-corrected chi connectivity index (χ3v) is 6.60. The van der Waals surface area contributed by atoms with Gasteiger partial charge in [-0.3, -0.25) is 14.3 Å². The second-order valence-electron chi connectivity index (χ2n) is 9.11. The van der Waals surface area contributed by atoms with Crippen LogP contribution in [0.2, 0.25) is 0 Å². The standard InChI is InChI=1S/C28H28N4O4/c1-19-13-14-22(36-19)17-31-26(33)24-15-23(20-9-5-4-6-10-20)30-32(24)18-28(31,2)27(34)29-16-21-11-7-8-12-25(21)35-3/h4-15H,16-18H2,1-3H3,(H,29,34)/t28-/m0/s1. The van der Waals surface area contributed by atoms with Gasteiger partial charge in [-0.15, -0.1) is 0 Å². The second-order valence-corrected chi connectivity index (χ2v) is 9.11. The lowest BCUT2D eigenvalue weighted by Crippen LogP contribution is -2.63. The monoisotopic (exact) mass is 484 g/mol. The van der Waals surface area contributed by atoms with Gasteiger partial charge in [0.25, 0.3) is 5.91 Å². The zero-order valence-corrected chi connectivity index (χ0v) is 20.5. The molecule has 184 valence electrons. The summed E-state index contributed by atoms with van der Waals surface area (Å²) in [5, 5.41) is 7.70. The van der Waals surface area contributed by atoms with E-state index in [0.29, 0.717) is 22.9 Å². The third-order valence-electron chi connectivity index (χ3n) is 6.60. The zero-order chi connectivity index (χ0) is 25.3. The molecule has 1 aliphatic rings. The highest BCUT2D eigenvalue weighted by Gasteiger charge is 2.48. The van der Waals surface area contributed by atoms with Gasteiger partial charge in [0.05, 0.1) is 25.9 Å². The molecule has 0 aliphatic carbocycles. The van der Waals surface area contributed by atoms with Crippen LogP contribution in [0.5, 0.6) is 5.75 Å². The van der Waals surface area contributed by atoms with E-state index in [1.54, 1.807) is 29.7 Å². The molecule has 8 nitrogen and oxygen atoms in total. The number of carbonyl (C=O) groups excluding carboxylic acids is 2. The highest BCUT2D eigenvalue weighted by Crippen LogP contribution is 2.32. The quantitative estimate of drug-likeness (QED) is 0.425. The molecule has 1 N–H and O–H groups in total. The molecule has 1 aliphatic heterocycles. The smallest absolute Gasteiger partial charge is 0.273 e. The number of furan rings is 1. The number of methoxy groups -OCH3 is 1. The predicted molar refractivity (Wildman–Crippen MR) is 134 cm³/mol. The van der Waals surface area contributed by atoms with Crippen LogP contribution in [0.25, 0.3) is 11.3 Å². The normalized spacial score (nSPS) is 17.1. The lowest BCUT2D eigenvalue weighted by Gasteiger charge is -2.42. The molecule has 0 radical (unpaired) electrons. The van der Waals surface area contributed by atoms with Crippen LogP contribution in [0, 0.1) is 6.92 Å². The molecule has 5 rings (SSSR count). The van der Waals surface area contributed by atoms with Gasteiger partial charge in [0.1, 0.15) is 28.5 Å². The number of nitrogens with zero attached hydrogens (tertiary/aromatic N) is 3. The Balaban J connectivity index is 1.48. The largest absolute Gasteiger partial charge is 0.496 e. The number of hydrogen-bond acceptors (Lipinski definition) is 5. The van der Waals surface area contributed by atoms with Gasteiger partial charge in [-0.2, -0.15) is 5.10 Å². The first-order valence-corrected chi connectivity index (χ1v) is 11.8. The summed E-state index contributed by atoms with van der Waals surface area (Å²) in [5.41, 5.74) is 1.67. The summed E-state index contributed by atoms with van der Waals surface area (Å²) in [6.07, 6.45) is 0. The molecule has 2 amide bonds. The maximum absolute atomic E-state index is 13.8. The minimum Gasteiger partial charge on any atom is -0.496 e. The van der Waals surface area contributed by atoms with Crippen LogP contribution in [-0.4, -0.2) is 39.1 Å². The van der Waals surface area contributed by atoms with Crippen molar-refractivity contribution < 1.29 is 18.7 Å². The van der Waals surface area contributed by atoms with Gasteiger partial charge in [0.2, 0.25) is 5.91 Å². The van der Waals surface area contributed by atoms with E-state index in [-0.39, 0.29) is 31.4 Å². The summed E-state index contributed by atoms with van der Waals surface area (Å²) >= 11 is 0. The van der Waals surface area contributed by atoms with E-state index in [2.05, 4.69) is 10.4 Å². The Morgan fingerprint density at radius 3 is 2.58 bits per heavy atom. The van der Waals surface area contributed by atoms with Gasteiger partial charge in [-0.05, 0) is 38.1 Å². The van der Waals surface area contributed by atoms with Crippen LogP contribution >= 0.6 is 0 Å². The number of carbonyl (C=O) groups is 2. The number of nitrogens with one attached hydrogen (secondary N) is 1. The number of fused-ring (bicyclic) bond motifs is 1. The first-order valence-electron chi connectivity index (χ1n) is 11.8. The Labute approximate surface area is 209 Å². The summed E-state index contributed by atoms with van der Waals surface area (Å²) in [6.45, 7) is 4.25. The van der Waals surface area contributed by atoms with Gasteiger partial charge in [0, 0.05) is 17.7 Å². The number of amides is 2. The first kappa shape index (κ1) is 23.4. The first-order chi connectivity index (χ1) is 17.4. The molecule has 2 aromatic carbocycles. The Morgan fingerprint density at radius 2 is 1.86 bits per heavy atom. The lowest BCUT2D eigenvalue weighted by atomic mass is 9.94. The summed E-state index contributed by atoms with van der Waals surface area (Å²) < 4.78 is 12.8. The van der Waals surface area contributed by atoms with Gasteiger partial charge in [-0.1, -0.05) is 48.5 Å². The van der Waals surface area contributed by atoms with Crippen LogP contribution in [0.15, 0.2) is 77.2 Å². The van der Waals surface area contributed by atoms with Crippen LogP contribution in [0.1, 0.15) is 34.5 Å². The van der Waals surface area contributed by atoms with Gasteiger partial charge in [0.15, 0.2) is 0 Å². The third kappa shape index (κ3) is 4.26. The summed E-state index contributed by atoms with van der Waals surface area (Å²) in [5.74, 6) is 1.48. The lowest BCUT2D eigenvalue weighted by molar-refractivity contribution is -0.133. The van der Waals surface area contributed by atoms with Gasteiger partial charge >= 0.3 is 0 Å². The molecule has 4 aromatic rings.